The summed E-state index contributed by atoms with van der Waals surface area (Å²) in [5.41, 5.74) is 0.998. The Hall–Kier alpha value is -1.63. The van der Waals surface area contributed by atoms with Gasteiger partial charge in [0, 0.05) is 38.6 Å². The van der Waals surface area contributed by atoms with Gasteiger partial charge in [0.15, 0.2) is 0 Å². The van der Waals surface area contributed by atoms with Gasteiger partial charge >= 0.3 is 6.18 Å². The molecule has 3 heterocycles. The molecule has 0 N–H and O–H groups in total. The molecule has 0 aromatic heterocycles. The summed E-state index contributed by atoms with van der Waals surface area (Å²) in [6.45, 7) is 2.68. The number of piperidine rings is 1. The number of nitrogens with zero attached hydrogens (tertiary/aromatic N) is 2. The van der Waals surface area contributed by atoms with Crippen molar-refractivity contribution in [1.29, 1.82) is 0 Å². The largest absolute Gasteiger partial charge is 0.389 e. The van der Waals surface area contributed by atoms with Gasteiger partial charge in [0.05, 0.1) is 6.42 Å². The number of carbonyl (C=O) groups is 1. The quantitative estimate of drug-likeness (QED) is 0.768. The maximum atomic E-state index is 13.0. The lowest BCUT2D eigenvalue weighted by molar-refractivity contribution is -0.151. The number of hydrogen-bond acceptors (Lipinski definition) is 2. The van der Waals surface area contributed by atoms with Gasteiger partial charge in [-0.05, 0) is 36.5 Å². The fourth-order valence-electron chi connectivity index (χ4n) is 3.85. The number of carbonyl (C=O) groups excluding carboxylic acids is 1. The lowest BCUT2D eigenvalue weighted by Gasteiger charge is -2.36. The second-order valence-corrected chi connectivity index (χ2v) is 7.08. The highest BCUT2D eigenvalue weighted by Gasteiger charge is 2.38. The van der Waals surface area contributed by atoms with E-state index in [2.05, 4.69) is 4.90 Å². The fourth-order valence-corrected chi connectivity index (χ4v) is 3.85. The molecule has 0 saturated carbocycles. The number of halogens is 4. The first-order valence-electron chi connectivity index (χ1n) is 8.63. The maximum Gasteiger partial charge on any atom is 0.389 e. The molecule has 0 unspecified atom stereocenters. The number of alkyl halides is 3. The van der Waals surface area contributed by atoms with E-state index in [1.54, 1.807) is 17.0 Å². The van der Waals surface area contributed by atoms with Crippen LogP contribution in [0.1, 0.15) is 31.2 Å². The Balaban J connectivity index is 1.62. The lowest BCUT2D eigenvalue weighted by atomic mass is 9.94. The van der Waals surface area contributed by atoms with E-state index in [0.717, 1.165) is 24.9 Å². The first kappa shape index (κ1) is 18.2. The molecule has 0 radical (unpaired) electrons. The molecule has 3 fully saturated rings. The van der Waals surface area contributed by atoms with E-state index in [9.17, 15) is 22.4 Å². The molecule has 138 valence electrons. The second kappa shape index (κ2) is 7.32. The number of amides is 1. The zero-order valence-electron chi connectivity index (χ0n) is 13.9. The molecule has 1 aromatic rings. The van der Waals surface area contributed by atoms with Crippen LogP contribution in [0.5, 0.6) is 0 Å². The van der Waals surface area contributed by atoms with Crippen molar-refractivity contribution in [2.45, 2.75) is 44.4 Å². The number of rotatable bonds is 4. The van der Waals surface area contributed by atoms with Crippen molar-refractivity contribution in [3.8, 4) is 0 Å². The molecule has 7 heteroatoms. The minimum atomic E-state index is -4.30. The zero-order valence-corrected chi connectivity index (χ0v) is 13.9. The topological polar surface area (TPSA) is 23.6 Å². The molecule has 1 amide bonds. The van der Waals surface area contributed by atoms with Crippen LogP contribution in [0.25, 0.3) is 0 Å². The third kappa shape index (κ3) is 4.93. The Labute approximate surface area is 144 Å². The van der Waals surface area contributed by atoms with Crippen molar-refractivity contribution in [3.63, 3.8) is 0 Å². The summed E-state index contributed by atoms with van der Waals surface area (Å²) >= 11 is 0. The summed E-state index contributed by atoms with van der Waals surface area (Å²) in [6.07, 6.45) is -3.99. The van der Waals surface area contributed by atoms with Crippen LogP contribution in [0.4, 0.5) is 17.6 Å². The molecule has 3 saturated heterocycles. The number of fused-ring (bicyclic) bond motifs is 4. The predicted octanol–water partition coefficient (Wildman–Crippen LogP) is 3.59. The molecular weight excluding hydrogens is 336 g/mol. The molecule has 2 atom stereocenters. The van der Waals surface area contributed by atoms with Crippen LogP contribution in [-0.2, 0) is 11.3 Å². The van der Waals surface area contributed by atoms with E-state index in [4.69, 9.17) is 0 Å². The fraction of sp³-hybridized carbons (Fsp3) is 0.611. The predicted molar refractivity (Wildman–Crippen MR) is 85.2 cm³/mol. The second-order valence-electron chi connectivity index (χ2n) is 7.08. The summed E-state index contributed by atoms with van der Waals surface area (Å²) in [6, 6.07) is 6.31. The van der Waals surface area contributed by atoms with Gasteiger partial charge in [0.1, 0.15) is 5.82 Å². The van der Waals surface area contributed by atoms with Crippen LogP contribution in [0.2, 0.25) is 0 Å². The molecule has 0 spiro atoms. The highest BCUT2D eigenvalue weighted by atomic mass is 19.4. The van der Waals surface area contributed by atoms with Crippen molar-refractivity contribution in [2.24, 2.45) is 5.92 Å². The van der Waals surface area contributed by atoms with Gasteiger partial charge in [-0.2, -0.15) is 13.2 Å². The Bertz CT molecular complexity index is 602. The van der Waals surface area contributed by atoms with Crippen LogP contribution >= 0.6 is 0 Å². The first-order valence-corrected chi connectivity index (χ1v) is 8.63. The van der Waals surface area contributed by atoms with Crippen LogP contribution in [0.15, 0.2) is 24.3 Å². The van der Waals surface area contributed by atoms with Crippen LogP contribution in [-0.4, -0.2) is 47.6 Å². The summed E-state index contributed by atoms with van der Waals surface area (Å²) < 4.78 is 50.2. The van der Waals surface area contributed by atoms with Gasteiger partial charge in [0.25, 0.3) is 0 Å². The molecule has 3 nitrogen and oxygen atoms in total. The smallest absolute Gasteiger partial charge is 0.338 e. The number of benzene rings is 1. The van der Waals surface area contributed by atoms with E-state index in [1.807, 2.05) is 0 Å². The van der Waals surface area contributed by atoms with Crippen molar-refractivity contribution in [3.05, 3.63) is 35.6 Å². The molecule has 1 aromatic carbocycles. The van der Waals surface area contributed by atoms with Gasteiger partial charge in [-0.25, -0.2) is 4.39 Å². The minimum Gasteiger partial charge on any atom is -0.338 e. The van der Waals surface area contributed by atoms with E-state index < -0.39 is 24.9 Å². The average Bonchev–Trinajstić information content (AvgIpc) is 2.84. The third-order valence-electron chi connectivity index (χ3n) is 5.05. The molecule has 4 rings (SSSR count). The summed E-state index contributed by atoms with van der Waals surface area (Å²) in [5, 5.41) is 0. The Morgan fingerprint density at radius 3 is 2.48 bits per heavy atom. The molecule has 3 aliphatic rings. The normalized spacial score (nSPS) is 24.4. The molecule has 3 aliphatic heterocycles. The summed E-state index contributed by atoms with van der Waals surface area (Å²) in [7, 11) is 0. The van der Waals surface area contributed by atoms with E-state index in [0.29, 0.717) is 19.6 Å². The van der Waals surface area contributed by atoms with Crippen LogP contribution in [0.3, 0.4) is 0 Å². The van der Waals surface area contributed by atoms with Crippen molar-refractivity contribution in [2.75, 3.05) is 19.6 Å². The molecule has 0 aliphatic carbocycles. The highest BCUT2D eigenvalue weighted by molar-refractivity contribution is 5.76. The van der Waals surface area contributed by atoms with E-state index >= 15 is 0 Å². The maximum absolute atomic E-state index is 13.0. The van der Waals surface area contributed by atoms with Crippen LogP contribution in [0, 0.1) is 11.7 Å². The first-order chi connectivity index (χ1) is 11.8. The van der Waals surface area contributed by atoms with E-state index in [-0.39, 0.29) is 17.8 Å². The van der Waals surface area contributed by atoms with Gasteiger partial charge in [-0.15, -0.1) is 0 Å². The van der Waals surface area contributed by atoms with Crippen LogP contribution < -0.4 is 0 Å². The lowest BCUT2D eigenvalue weighted by Crippen LogP contribution is -2.47. The minimum absolute atomic E-state index is 0.0278. The van der Waals surface area contributed by atoms with Gasteiger partial charge in [-0.1, -0.05) is 12.1 Å². The molecule has 2 bridgehead atoms. The zero-order chi connectivity index (χ0) is 18.0. The monoisotopic (exact) mass is 358 g/mol. The van der Waals surface area contributed by atoms with Crippen molar-refractivity contribution < 1.29 is 22.4 Å². The average molecular weight is 358 g/mol. The highest BCUT2D eigenvalue weighted by Crippen LogP contribution is 2.30. The third-order valence-corrected chi connectivity index (χ3v) is 5.05. The van der Waals surface area contributed by atoms with Crippen molar-refractivity contribution in [1.82, 2.24) is 9.80 Å². The van der Waals surface area contributed by atoms with E-state index in [1.165, 1.54) is 12.1 Å². The van der Waals surface area contributed by atoms with Gasteiger partial charge < -0.3 is 4.90 Å². The summed E-state index contributed by atoms with van der Waals surface area (Å²) in [4.78, 5) is 16.1. The van der Waals surface area contributed by atoms with Gasteiger partial charge in [-0.3, -0.25) is 9.69 Å². The molecule has 25 heavy (non-hydrogen) atoms. The Morgan fingerprint density at radius 1 is 1.08 bits per heavy atom. The van der Waals surface area contributed by atoms with Crippen molar-refractivity contribution >= 4 is 5.91 Å². The standard InChI is InChI=1S/C18H22F4N2O/c19-15-4-1-13(2-5-15)9-23-10-14-3-6-16(12-23)24(11-14)17(25)7-8-18(20,21)22/h1-2,4-5,14,16H,3,6-12H2/t14-,16+/m0/s1. The Kier molecular flexibility index (Phi) is 5.32. The molecular formula is C18H22F4N2O. The Morgan fingerprint density at radius 2 is 1.80 bits per heavy atom. The summed E-state index contributed by atoms with van der Waals surface area (Å²) in [5.74, 6) is -0.384. The SMILES string of the molecule is O=C(CCC(F)(F)F)N1C[C@H]2CC[C@@H]1CN(Cc1ccc(F)cc1)C2. The number of hydrogen-bond donors (Lipinski definition) is 0. The van der Waals surface area contributed by atoms with Gasteiger partial charge in [0.2, 0.25) is 5.91 Å².